The van der Waals surface area contributed by atoms with Gasteiger partial charge in [-0.1, -0.05) is 39.0 Å². The van der Waals surface area contributed by atoms with Crippen LogP contribution in [-0.2, 0) is 4.79 Å². The predicted molar refractivity (Wildman–Crippen MR) is 102 cm³/mol. The van der Waals surface area contributed by atoms with E-state index < -0.39 is 0 Å². The Bertz CT molecular complexity index is 899. The Hall–Kier alpha value is -2.03. The summed E-state index contributed by atoms with van der Waals surface area (Å²) in [5.74, 6) is -0.714. The molecule has 2 aromatic carbocycles. The Kier molecular flexibility index (Phi) is 5.95. The minimum absolute atomic E-state index is 0.330. The first-order chi connectivity index (χ1) is 12.1. The molecule has 0 aliphatic carbocycles. The third kappa shape index (κ3) is 5.22. The van der Waals surface area contributed by atoms with Crippen molar-refractivity contribution >= 4 is 56.7 Å². The van der Waals surface area contributed by atoms with Crippen molar-refractivity contribution in [3.05, 3.63) is 69.9 Å². The average Bonchev–Trinajstić information content (AvgIpc) is 3.10. The summed E-state index contributed by atoms with van der Waals surface area (Å²) >= 11 is 6.25. The summed E-state index contributed by atoms with van der Waals surface area (Å²) in [6, 6.07) is 11.9. The number of rotatable bonds is 5. The van der Waals surface area contributed by atoms with Gasteiger partial charge in [-0.3, -0.25) is 4.79 Å². The SMILES string of the molecule is O=C(C=Cc1cc(Br)ccc1F)Nc1ccc(Sc2nncs2)cc1. The summed E-state index contributed by atoms with van der Waals surface area (Å²) in [6.07, 6.45) is 2.74. The zero-order valence-electron chi connectivity index (χ0n) is 12.6. The third-order valence-corrected chi connectivity index (χ3v) is 5.32. The van der Waals surface area contributed by atoms with Crippen LogP contribution in [0.3, 0.4) is 0 Å². The van der Waals surface area contributed by atoms with Crippen molar-refractivity contribution in [2.24, 2.45) is 0 Å². The number of nitrogens with zero attached hydrogens (tertiary/aromatic N) is 2. The lowest BCUT2D eigenvalue weighted by Crippen LogP contribution is -2.07. The number of benzene rings is 2. The second-order valence-electron chi connectivity index (χ2n) is 4.82. The van der Waals surface area contributed by atoms with Gasteiger partial charge in [0.15, 0.2) is 4.34 Å². The van der Waals surface area contributed by atoms with E-state index in [0.29, 0.717) is 11.3 Å². The summed E-state index contributed by atoms with van der Waals surface area (Å²) in [5, 5.41) is 10.5. The van der Waals surface area contributed by atoms with E-state index in [9.17, 15) is 9.18 Å². The Labute approximate surface area is 160 Å². The molecule has 0 aliphatic rings. The first-order valence-corrected chi connectivity index (χ1v) is 9.57. The van der Waals surface area contributed by atoms with Gasteiger partial charge in [0.25, 0.3) is 0 Å². The number of hydrogen-bond acceptors (Lipinski definition) is 5. The Morgan fingerprint density at radius 3 is 2.76 bits per heavy atom. The minimum atomic E-state index is -0.384. The molecule has 0 unspecified atom stereocenters. The molecule has 1 N–H and O–H groups in total. The van der Waals surface area contributed by atoms with E-state index in [4.69, 9.17) is 0 Å². The Morgan fingerprint density at radius 1 is 1.24 bits per heavy atom. The molecule has 1 heterocycles. The summed E-state index contributed by atoms with van der Waals surface area (Å²) in [5.41, 5.74) is 2.68. The molecule has 1 aromatic heterocycles. The average molecular weight is 436 g/mol. The molecule has 0 aliphatic heterocycles. The summed E-state index contributed by atoms with van der Waals surface area (Å²) in [7, 11) is 0. The Balaban J connectivity index is 1.61. The maximum absolute atomic E-state index is 13.6. The third-order valence-electron chi connectivity index (χ3n) is 3.04. The van der Waals surface area contributed by atoms with Crippen LogP contribution in [0.2, 0.25) is 0 Å². The first kappa shape index (κ1) is 17.8. The Morgan fingerprint density at radius 2 is 2.04 bits per heavy atom. The van der Waals surface area contributed by atoms with E-state index in [1.165, 1.54) is 41.3 Å². The summed E-state index contributed by atoms with van der Waals surface area (Å²) < 4.78 is 15.2. The number of carbonyl (C=O) groups is 1. The van der Waals surface area contributed by atoms with Gasteiger partial charge in [-0.05, 0) is 48.5 Å². The highest BCUT2D eigenvalue weighted by molar-refractivity contribution is 9.10. The molecule has 4 nitrogen and oxygen atoms in total. The molecule has 8 heteroatoms. The van der Waals surface area contributed by atoms with Gasteiger partial charge >= 0.3 is 0 Å². The highest BCUT2D eigenvalue weighted by Gasteiger charge is 2.03. The minimum Gasteiger partial charge on any atom is -0.323 e. The molecular weight excluding hydrogens is 425 g/mol. The number of anilines is 1. The van der Waals surface area contributed by atoms with E-state index >= 15 is 0 Å². The lowest BCUT2D eigenvalue weighted by atomic mass is 10.2. The fraction of sp³-hybridized carbons (Fsp3) is 0. The van der Waals surface area contributed by atoms with Crippen LogP contribution in [-0.4, -0.2) is 16.1 Å². The zero-order chi connectivity index (χ0) is 17.6. The summed E-state index contributed by atoms with van der Waals surface area (Å²) in [6.45, 7) is 0. The van der Waals surface area contributed by atoms with E-state index in [2.05, 4.69) is 31.4 Å². The zero-order valence-corrected chi connectivity index (χ0v) is 15.9. The van der Waals surface area contributed by atoms with Crippen LogP contribution >= 0.6 is 39.0 Å². The van der Waals surface area contributed by atoms with Crippen LogP contribution in [0.1, 0.15) is 5.56 Å². The fourth-order valence-electron chi connectivity index (χ4n) is 1.91. The van der Waals surface area contributed by atoms with Gasteiger partial charge in [-0.2, -0.15) is 0 Å². The van der Waals surface area contributed by atoms with E-state index in [1.54, 1.807) is 29.8 Å². The number of amides is 1. The number of hydrogen-bond donors (Lipinski definition) is 1. The van der Waals surface area contributed by atoms with E-state index in [-0.39, 0.29) is 11.7 Å². The van der Waals surface area contributed by atoms with Crippen LogP contribution in [0.4, 0.5) is 10.1 Å². The number of halogens is 2. The molecule has 0 saturated heterocycles. The quantitative estimate of drug-likeness (QED) is 0.556. The molecule has 3 rings (SSSR count). The van der Waals surface area contributed by atoms with Gasteiger partial charge in [0, 0.05) is 26.7 Å². The maximum atomic E-state index is 13.6. The van der Waals surface area contributed by atoms with Crippen LogP contribution in [0.25, 0.3) is 6.08 Å². The molecule has 0 saturated carbocycles. The first-order valence-electron chi connectivity index (χ1n) is 7.08. The normalized spacial score (nSPS) is 11.0. The van der Waals surface area contributed by atoms with Gasteiger partial charge in [-0.25, -0.2) is 4.39 Å². The van der Waals surface area contributed by atoms with Crippen molar-refractivity contribution in [2.45, 2.75) is 9.24 Å². The molecular formula is C17H11BrFN3OS2. The number of nitrogens with one attached hydrogen (secondary N) is 1. The fourth-order valence-corrected chi connectivity index (χ4v) is 3.74. The van der Waals surface area contributed by atoms with E-state index in [0.717, 1.165) is 13.7 Å². The second kappa shape index (κ2) is 8.37. The predicted octanol–water partition coefficient (Wildman–Crippen LogP) is 5.24. The molecule has 0 atom stereocenters. The van der Waals surface area contributed by atoms with Crippen molar-refractivity contribution in [2.75, 3.05) is 5.32 Å². The van der Waals surface area contributed by atoms with Crippen LogP contribution in [0.5, 0.6) is 0 Å². The van der Waals surface area contributed by atoms with Gasteiger partial charge in [0.1, 0.15) is 11.3 Å². The van der Waals surface area contributed by atoms with Crippen molar-refractivity contribution < 1.29 is 9.18 Å². The highest BCUT2D eigenvalue weighted by atomic mass is 79.9. The topological polar surface area (TPSA) is 54.9 Å². The number of aromatic nitrogens is 2. The van der Waals surface area contributed by atoms with Gasteiger partial charge in [0.2, 0.25) is 5.91 Å². The van der Waals surface area contributed by atoms with Crippen molar-refractivity contribution in [1.82, 2.24) is 10.2 Å². The molecule has 126 valence electrons. The molecule has 0 bridgehead atoms. The maximum Gasteiger partial charge on any atom is 0.248 e. The molecule has 0 radical (unpaired) electrons. The van der Waals surface area contributed by atoms with Crippen LogP contribution < -0.4 is 5.32 Å². The number of carbonyl (C=O) groups excluding carboxylic acids is 1. The van der Waals surface area contributed by atoms with Gasteiger partial charge in [0.05, 0.1) is 0 Å². The van der Waals surface area contributed by atoms with Gasteiger partial charge < -0.3 is 5.32 Å². The second-order valence-corrected chi connectivity index (χ2v) is 7.89. The lowest BCUT2D eigenvalue weighted by Gasteiger charge is -2.03. The van der Waals surface area contributed by atoms with E-state index in [1.807, 2.05) is 12.1 Å². The van der Waals surface area contributed by atoms with Crippen molar-refractivity contribution in [1.29, 1.82) is 0 Å². The van der Waals surface area contributed by atoms with Crippen LogP contribution in [0, 0.1) is 5.82 Å². The molecule has 1 amide bonds. The highest BCUT2D eigenvalue weighted by Crippen LogP contribution is 2.29. The molecule has 0 fully saturated rings. The molecule has 25 heavy (non-hydrogen) atoms. The van der Waals surface area contributed by atoms with Crippen molar-refractivity contribution in [3.8, 4) is 0 Å². The summed E-state index contributed by atoms with van der Waals surface area (Å²) in [4.78, 5) is 13.0. The standard InChI is InChI=1S/C17H11BrFN3OS2/c18-12-2-7-15(19)11(9-12)1-8-16(23)21-13-3-5-14(6-4-13)25-17-22-20-10-24-17/h1-10H,(H,21,23). The lowest BCUT2D eigenvalue weighted by molar-refractivity contribution is -0.111. The van der Waals surface area contributed by atoms with Crippen molar-refractivity contribution in [3.63, 3.8) is 0 Å². The van der Waals surface area contributed by atoms with Crippen LogP contribution in [0.15, 0.2) is 67.8 Å². The molecule has 3 aromatic rings. The largest absolute Gasteiger partial charge is 0.323 e. The van der Waals surface area contributed by atoms with Gasteiger partial charge in [-0.15, -0.1) is 10.2 Å². The smallest absolute Gasteiger partial charge is 0.248 e. The monoisotopic (exact) mass is 435 g/mol. The molecule has 0 spiro atoms.